The van der Waals surface area contributed by atoms with Crippen molar-refractivity contribution in [2.75, 3.05) is 17.6 Å². The predicted molar refractivity (Wildman–Crippen MR) is 126 cm³/mol. The third-order valence-corrected chi connectivity index (χ3v) is 5.77. The summed E-state index contributed by atoms with van der Waals surface area (Å²) < 4.78 is 7.01. The number of benzene rings is 1. The van der Waals surface area contributed by atoms with Gasteiger partial charge in [-0.25, -0.2) is 4.98 Å². The number of likely N-dealkylation sites (N-methyl/N-ethyl adjacent to an activating group) is 1. The molecule has 0 saturated carbocycles. The highest BCUT2D eigenvalue weighted by Crippen LogP contribution is 2.34. The molecule has 5 atom stereocenters. The van der Waals surface area contributed by atoms with E-state index in [1.165, 1.54) is 10.9 Å². The Balaban J connectivity index is 1.57. The van der Waals surface area contributed by atoms with Crippen LogP contribution in [0.1, 0.15) is 25.1 Å². The van der Waals surface area contributed by atoms with Crippen LogP contribution in [-0.2, 0) is 20.7 Å². The van der Waals surface area contributed by atoms with Crippen LogP contribution in [0.25, 0.3) is 11.2 Å². The van der Waals surface area contributed by atoms with Crippen molar-refractivity contribution in [1.82, 2.24) is 24.8 Å². The second-order valence-corrected chi connectivity index (χ2v) is 8.28. The molecule has 8 N–H and O–H groups in total. The van der Waals surface area contributed by atoms with Gasteiger partial charge in [-0.15, -0.1) is 0 Å². The van der Waals surface area contributed by atoms with Crippen molar-refractivity contribution in [3.8, 4) is 0 Å². The molecule has 1 saturated heterocycles. The molecular weight excluding hydrogens is 474 g/mol. The minimum atomic E-state index is -1.70. The van der Waals surface area contributed by atoms with Gasteiger partial charge in [-0.2, -0.15) is 9.97 Å². The number of rotatable bonds is 9. The Morgan fingerprint density at radius 3 is 2.58 bits per heavy atom. The molecule has 2 aromatic heterocycles. The van der Waals surface area contributed by atoms with Gasteiger partial charge in [0.2, 0.25) is 5.95 Å². The van der Waals surface area contributed by atoms with Crippen molar-refractivity contribution in [2.45, 2.75) is 50.4 Å². The molecule has 1 unspecified atom stereocenters. The first-order valence-corrected chi connectivity index (χ1v) is 11.2. The van der Waals surface area contributed by atoms with Crippen molar-refractivity contribution < 1.29 is 34.8 Å². The number of hydrogen-bond donors (Lipinski definition) is 7. The quantitative estimate of drug-likeness (QED) is 0.193. The number of nitrogen functional groups attached to an aromatic ring is 1. The van der Waals surface area contributed by atoms with Crippen molar-refractivity contribution >= 4 is 40.5 Å². The average Bonchev–Trinajstić information content (AvgIpc) is 3.39. The van der Waals surface area contributed by atoms with E-state index in [9.17, 15) is 24.9 Å². The van der Waals surface area contributed by atoms with E-state index in [1.54, 1.807) is 31.2 Å². The normalized spacial score (nSPS) is 22.4. The summed E-state index contributed by atoms with van der Waals surface area (Å²) in [5.41, 5.74) is 7.94. The van der Waals surface area contributed by atoms with E-state index in [2.05, 4.69) is 25.6 Å². The standard InChI is InChI=1S/C22H27N7O7/c1-2-24-20(35)16(34)17-14(32)15(33)21(36-17)29-9-25-13-18(23)27-22(28-19(13)29)26-11-6-3-10(4-7-11)5-8-12(30)31/h3-4,6-7,9,14-17,21,32-34H,2,5,8H2,1H3,(H,24,35)(H,30,31)(H3,23,26,27,28)/t14-,15+,16?,17-,21+/m0/s1. The first-order valence-electron chi connectivity index (χ1n) is 11.2. The number of nitrogens with two attached hydrogens (primary N) is 1. The lowest BCUT2D eigenvalue weighted by atomic mass is 10.1. The summed E-state index contributed by atoms with van der Waals surface area (Å²) in [6, 6.07) is 7.04. The van der Waals surface area contributed by atoms with Crippen LogP contribution >= 0.6 is 0 Å². The summed E-state index contributed by atoms with van der Waals surface area (Å²) in [4.78, 5) is 35.6. The zero-order valence-corrected chi connectivity index (χ0v) is 19.3. The lowest BCUT2D eigenvalue weighted by Gasteiger charge is -2.20. The number of aliphatic hydroxyl groups is 3. The molecule has 0 aliphatic carbocycles. The van der Waals surface area contributed by atoms with E-state index in [1.807, 2.05) is 0 Å². The van der Waals surface area contributed by atoms with Crippen LogP contribution in [0.4, 0.5) is 17.5 Å². The molecule has 192 valence electrons. The van der Waals surface area contributed by atoms with Gasteiger partial charge >= 0.3 is 5.97 Å². The Morgan fingerprint density at radius 2 is 1.92 bits per heavy atom. The topological polar surface area (TPSA) is 218 Å². The molecule has 4 rings (SSSR count). The van der Waals surface area contributed by atoms with Crippen molar-refractivity contribution in [3.63, 3.8) is 0 Å². The Kier molecular flexibility index (Phi) is 7.30. The largest absolute Gasteiger partial charge is 0.481 e. The van der Waals surface area contributed by atoms with E-state index in [4.69, 9.17) is 15.6 Å². The first kappa shape index (κ1) is 25.2. The zero-order valence-electron chi connectivity index (χ0n) is 19.3. The fraction of sp³-hybridized carbons (Fsp3) is 0.409. The number of nitrogens with zero attached hydrogens (tertiary/aromatic N) is 4. The number of carboxylic acid groups (broad SMARTS) is 1. The molecule has 14 heteroatoms. The number of ether oxygens (including phenoxy) is 1. The smallest absolute Gasteiger partial charge is 0.303 e. The number of fused-ring (bicyclic) bond motifs is 1. The van der Waals surface area contributed by atoms with Gasteiger partial charge < -0.3 is 41.5 Å². The van der Waals surface area contributed by atoms with E-state index < -0.39 is 42.5 Å². The van der Waals surface area contributed by atoms with Gasteiger partial charge in [0.25, 0.3) is 5.91 Å². The zero-order chi connectivity index (χ0) is 26.0. The Labute approximate surface area is 204 Å². The Bertz CT molecular complexity index is 1250. The van der Waals surface area contributed by atoms with Gasteiger partial charge in [0.15, 0.2) is 23.8 Å². The van der Waals surface area contributed by atoms with Gasteiger partial charge in [0.1, 0.15) is 23.8 Å². The van der Waals surface area contributed by atoms with Crippen molar-refractivity contribution in [1.29, 1.82) is 0 Å². The highest BCUT2D eigenvalue weighted by Gasteiger charge is 2.49. The number of aryl methyl sites for hydroxylation is 1. The van der Waals surface area contributed by atoms with E-state index in [-0.39, 0.29) is 35.9 Å². The molecular formula is C22H27N7O7. The summed E-state index contributed by atoms with van der Waals surface area (Å²) in [6.45, 7) is 1.95. The van der Waals surface area contributed by atoms with Crippen LogP contribution in [0.15, 0.2) is 30.6 Å². The molecule has 1 fully saturated rings. The minimum Gasteiger partial charge on any atom is -0.481 e. The van der Waals surface area contributed by atoms with Crippen LogP contribution < -0.4 is 16.4 Å². The van der Waals surface area contributed by atoms with Crippen LogP contribution in [0.3, 0.4) is 0 Å². The van der Waals surface area contributed by atoms with Crippen LogP contribution in [0, 0.1) is 0 Å². The molecule has 1 amide bonds. The summed E-state index contributed by atoms with van der Waals surface area (Å²) in [6.07, 6.45) is -5.62. The first-order chi connectivity index (χ1) is 17.2. The summed E-state index contributed by atoms with van der Waals surface area (Å²) >= 11 is 0. The highest BCUT2D eigenvalue weighted by atomic mass is 16.6. The fourth-order valence-corrected chi connectivity index (χ4v) is 3.92. The van der Waals surface area contributed by atoms with Gasteiger partial charge in [-0.3, -0.25) is 14.2 Å². The number of anilines is 3. The van der Waals surface area contributed by atoms with Gasteiger partial charge in [0, 0.05) is 18.7 Å². The molecule has 3 aromatic rings. The number of carboxylic acids is 1. The van der Waals surface area contributed by atoms with Crippen LogP contribution in [-0.4, -0.2) is 82.8 Å². The van der Waals surface area contributed by atoms with Crippen molar-refractivity contribution in [2.24, 2.45) is 0 Å². The number of imidazole rings is 1. The number of carbonyl (C=O) groups is 2. The molecule has 0 radical (unpaired) electrons. The maximum absolute atomic E-state index is 12.0. The number of aliphatic carboxylic acids is 1. The van der Waals surface area contributed by atoms with Gasteiger partial charge in [-0.1, -0.05) is 12.1 Å². The number of carbonyl (C=O) groups excluding carboxylic acids is 1. The number of aliphatic hydroxyl groups excluding tert-OH is 3. The molecule has 0 bridgehead atoms. The summed E-state index contributed by atoms with van der Waals surface area (Å²) in [7, 11) is 0. The number of nitrogens with one attached hydrogen (secondary N) is 2. The SMILES string of the molecule is CCNC(=O)C(O)[C@H]1O[C@@H](n2cnc3c(N)nc(Nc4ccc(CCC(=O)O)cc4)nc32)[C@H](O)[C@@H]1O. The number of aromatic nitrogens is 4. The third kappa shape index (κ3) is 5.06. The average molecular weight is 502 g/mol. The predicted octanol–water partition coefficient (Wildman–Crippen LogP) is -0.714. The van der Waals surface area contributed by atoms with Crippen molar-refractivity contribution in [3.05, 3.63) is 36.2 Å². The number of amides is 1. The molecule has 1 aromatic carbocycles. The van der Waals surface area contributed by atoms with E-state index >= 15 is 0 Å². The Hall–Kier alpha value is -3.85. The van der Waals surface area contributed by atoms with Gasteiger partial charge in [0.05, 0.1) is 6.33 Å². The molecule has 1 aliphatic heterocycles. The third-order valence-electron chi connectivity index (χ3n) is 5.77. The number of hydrogen-bond acceptors (Lipinski definition) is 11. The summed E-state index contributed by atoms with van der Waals surface area (Å²) in [5.74, 6) is -1.45. The lowest BCUT2D eigenvalue weighted by molar-refractivity contribution is -0.143. The fourth-order valence-electron chi connectivity index (χ4n) is 3.92. The van der Waals surface area contributed by atoms with Crippen LogP contribution in [0.5, 0.6) is 0 Å². The summed E-state index contributed by atoms with van der Waals surface area (Å²) in [5, 5.41) is 45.6. The lowest BCUT2D eigenvalue weighted by Crippen LogP contribution is -2.47. The van der Waals surface area contributed by atoms with Gasteiger partial charge in [-0.05, 0) is 31.0 Å². The molecule has 14 nitrogen and oxygen atoms in total. The molecule has 36 heavy (non-hydrogen) atoms. The van der Waals surface area contributed by atoms with E-state index in [0.29, 0.717) is 12.1 Å². The second kappa shape index (κ2) is 10.4. The highest BCUT2D eigenvalue weighted by molar-refractivity contribution is 5.83. The second-order valence-electron chi connectivity index (χ2n) is 8.28. The minimum absolute atomic E-state index is 0.0258. The Morgan fingerprint density at radius 1 is 1.19 bits per heavy atom. The maximum Gasteiger partial charge on any atom is 0.303 e. The van der Waals surface area contributed by atoms with Crippen LogP contribution in [0.2, 0.25) is 0 Å². The maximum atomic E-state index is 12.0. The van der Waals surface area contributed by atoms with E-state index in [0.717, 1.165) is 5.56 Å². The monoisotopic (exact) mass is 501 g/mol. The molecule has 3 heterocycles. The molecule has 0 spiro atoms. The molecule has 1 aliphatic rings.